The lowest BCUT2D eigenvalue weighted by Crippen LogP contribution is -2.43. The molecule has 0 aromatic heterocycles. The van der Waals surface area contributed by atoms with Gasteiger partial charge >= 0.3 is 5.97 Å². The van der Waals surface area contributed by atoms with Crippen molar-refractivity contribution in [2.24, 2.45) is 5.41 Å². The van der Waals surface area contributed by atoms with Crippen molar-refractivity contribution in [3.05, 3.63) is 34.9 Å². The Labute approximate surface area is 137 Å². The quantitative estimate of drug-likeness (QED) is 0.923. The van der Waals surface area contributed by atoms with Crippen LogP contribution in [0.25, 0.3) is 0 Å². The second-order valence-corrected chi connectivity index (χ2v) is 7.15. The van der Waals surface area contributed by atoms with Crippen LogP contribution in [0, 0.1) is 19.3 Å². The minimum absolute atomic E-state index is 0.00973. The van der Waals surface area contributed by atoms with E-state index >= 15 is 0 Å². The third kappa shape index (κ3) is 2.75. The molecular weight excluding hydrogens is 290 g/mol. The Morgan fingerprint density at radius 2 is 2.00 bits per heavy atom. The number of likely N-dealkylation sites (tertiary alicyclic amines) is 1. The van der Waals surface area contributed by atoms with E-state index in [1.165, 1.54) is 16.7 Å². The number of rotatable bonds is 4. The van der Waals surface area contributed by atoms with Crippen molar-refractivity contribution in [2.75, 3.05) is 6.54 Å². The molecule has 1 saturated carbocycles. The second-order valence-electron chi connectivity index (χ2n) is 7.15. The molecular formula is C19H25NO3. The SMILES string of the molecule is Cc1cccc(C2CCCN2C(=O)CC2(C(=O)O)CCC2)c1C. The number of carboxylic acid groups (broad SMARTS) is 1. The first kappa shape index (κ1) is 16.0. The zero-order valence-electron chi connectivity index (χ0n) is 14.0. The van der Waals surface area contributed by atoms with E-state index in [0.29, 0.717) is 12.8 Å². The molecule has 2 aliphatic rings. The van der Waals surface area contributed by atoms with E-state index in [-0.39, 0.29) is 18.4 Å². The number of aliphatic carboxylic acids is 1. The monoisotopic (exact) mass is 315 g/mol. The molecule has 4 heteroatoms. The number of carboxylic acids is 1. The van der Waals surface area contributed by atoms with Crippen LogP contribution in [0.15, 0.2) is 18.2 Å². The molecule has 1 aromatic carbocycles. The zero-order valence-corrected chi connectivity index (χ0v) is 14.0. The third-order valence-corrected chi connectivity index (χ3v) is 5.83. The van der Waals surface area contributed by atoms with Gasteiger partial charge in [0, 0.05) is 13.0 Å². The molecule has 1 heterocycles. The minimum Gasteiger partial charge on any atom is -0.481 e. The Bertz CT molecular complexity index is 634. The van der Waals surface area contributed by atoms with Crippen molar-refractivity contribution in [1.82, 2.24) is 4.90 Å². The smallest absolute Gasteiger partial charge is 0.310 e. The maximum absolute atomic E-state index is 12.8. The van der Waals surface area contributed by atoms with E-state index in [9.17, 15) is 14.7 Å². The van der Waals surface area contributed by atoms with Gasteiger partial charge in [-0.15, -0.1) is 0 Å². The molecule has 3 rings (SSSR count). The van der Waals surface area contributed by atoms with Gasteiger partial charge in [0.05, 0.1) is 11.5 Å². The number of amides is 1. The van der Waals surface area contributed by atoms with Crippen LogP contribution in [0.3, 0.4) is 0 Å². The number of hydrogen-bond donors (Lipinski definition) is 1. The van der Waals surface area contributed by atoms with Crippen LogP contribution in [0.4, 0.5) is 0 Å². The predicted molar refractivity (Wildman–Crippen MR) is 88.1 cm³/mol. The molecule has 23 heavy (non-hydrogen) atoms. The van der Waals surface area contributed by atoms with Crippen LogP contribution >= 0.6 is 0 Å². The van der Waals surface area contributed by atoms with Gasteiger partial charge in [-0.1, -0.05) is 24.6 Å². The average Bonchev–Trinajstić information content (AvgIpc) is 2.94. The van der Waals surface area contributed by atoms with E-state index in [4.69, 9.17) is 0 Å². The summed E-state index contributed by atoms with van der Waals surface area (Å²) < 4.78 is 0. The molecule has 124 valence electrons. The lowest BCUT2D eigenvalue weighted by atomic mass is 9.66. The highest BCUT2D eigenvalue weighted by Gasteiger charge is 2.47. The lowest BCUT2D eigenvalue weighted by Gasteiger charge is -2.39. The molecule has 1 unspecified atom stereocenters. The fourth-order valence-corrected chi connectivity index (χ4v) is 3.98. The van der Waals surface area contributed by atoms with Crippen molar-refractivity contribution >= 4 is 11.9 Å². The Hall–Kier alpha value is -1.84. The van der Waals surface area contributed by atoms with Crippen LogP contribution in [0.2, 0.25) is 0 Å². The van der Waals surface area contributed by atoms with E-state index in [1.54, 1.807) is 0 Å². The summed E-state index contributed by atoms with van der Waals surface area (Å²) in [5, 5.41) is 9.47. The molecule has 1 aromatic rings. The Balaban J connectivity index is 1.80. The topological polar surface area (TPSA) is 57.6 Å². The molecule has 1 N–H and O–H groups in total. The molecule has 1 aliphatic carbocycles. The Kier molecular flexibility index (Phi) is 4.17. The van der Waals surface area contributed by atoms with Crippen LogP contribution < -0.4 is 0 Å². The first-order chi connectivity index (χ1) is 10.9. The largest absolute Gasteiger partial charge is 0.481 e. The fourth-order valence-electron chi connectivity index (χ4n) is 3.98. The van der Waals surface area contributed by atoms with Gasteiger partial charge in [0.25, 0.3) is 0 Å². The number of aryl methyl sites for hydroxylation is 1. The van der Waals surface area contributed by atoms with Crippen molar-refractivity contribution in [2.45, 2.75) is 58.4 Å². The van der Waals surface area contributed by atoms with E-state index in [1.807, 2.05) is 11.0 Å². The molecule has 1 atom stereocenters. The molecule has 1 amide bonds. The van der Waals surface area contributed by atoms with Crippen molar-refractivity contribution in [3.63, 3.8) is 0 Å². The number of hydrogen-bond acceptors (Lipinski definition) is 2. The molecule has 0 spiro atoms. The van der Waals surface area contributed by atoms with Gasteiger partial charge in [0.1, 0.15) is 0 Å². The summed E-state index contributed by atoms with van der Waals surface area (Å²) in [7, 11) is 0. The molecule has 1 saturated heterocycles. The molecule has 4 nitrogen and oxygen atoms in total. The van der Waals surface area contributed by atoms with Gasteiger partial charge in [-0.25, -0.2) is 0 Å². The van der Waals surface area contributed by atoms with Gasteiger partial charge in [0.2, 0.25) is 5.91 Å². The Morgan fingerprint density at radius 1 is 1.26 bits per heavy atom. The fraction of sp³-hybridized carbons (Fsp3) is 0.579. The average molecular weight is 315 g/mol. The maximum Gasteiger partial charge on any atom is 0.310 e. The van der Waals surface area contributed by atoms with Crippen molar-refractivity contribution in [1.29, 1.82) is 0 Å². The third-order valence-electron chi connectivity index (χ3n) is 5.83. The number of carbonyl (C=O) groups is 2. The summed E-state index contributed by atoms with van der Waals surface area (Å²) >= 11 is 0. The molecule has 1 aliphatic heterocycles. The number of benzene rings is 1. The summed E-state index contributed by atoms with van der Waals surface area (Å²) in [6.07, 6.45) is 4.30. The normalized spacial score (nSPS) is 22.7. The second kappa shape index (κ2) is 5.99. The summed E-state index contributed by atoms with van der Waals surface area (Å²) in [4.78, 5) is 26.3. The van der Waals surface area contributed by atoms with Gasteiger partial charge in [-0.05, 0) is 56.2 Å². The van der Waals surface area contributed by atoms with Crippen LogP contribution in [-0.2, 0) is 9.59 Å². The minimum atomic E-state index is -0.806. The zero-order chi connectivity index (χ0) is 16.6. The summed E-state index contributed by atoms with van der Waals surface area (Å²) in [6, 6.07) is 6.35. The first-order valence-corrected chi connectivity index (χ1v) is 8.54. The van der Waals surface area contributed by atoms with Gasteiger partial charge < -0.3 is 10.0 Å². The summed E-state index contributed by atoms with van der Waals surface area (Å²) in [5.74, 6) is -0.796. The van der Waals surface area contributed by atoms with E-state index < -0.39 is 11.4 Å². The van der Waals surface area contributed by atoms with Crippen molar-refractivity contribution in [3.8, 4) is 0 Å². The summed E-state index contributed by atoms with van der Waals surface area (Å²) in [6.45, 7) is 4.94. The standard InChI is InChI=1S/C19H25NO3/c1-13-6-3-7-15(14(13)2)16-8-4-11-20(16)17(21)12-19(18(22)23)9-5-10-19/h3,6-7,16H,4-5,8-12H2,1-2H3,(H,22,23). The van der Waals surface area contributed by atoms with Crippen LogP contribution in [0.1, 0.15) is 61.3 Å². The van der Waals surface area contributed by atoms with Gasteiger partial charge in [-0.3, -0.25) is 9.59 Å². The maximum atomic E-state index is 12.8. The lowest BCUT2D eigenvalue weighted by molar-refractivity contribution is -0.159. The highest BCUT2D eigenvalue weighted by atomic mass is 16.4. The highest BCUT2D eigenvalue weighted by Crippen LogP contribution is 2.46. The number of nitrogens with zero attached hydrogens (tertiary/aromatic N) is 1. The molecule has 2 fully saturated rings. The van der Waals surface area contributed by atoms with Crippen LogP contribution in [-0.4, -0.2) is 28.4 Å². The highest BCUT2D eigenvalue weighted by molar-refractivity contribution is 5.86. The van der Waals surface area contributed by atoms with Crippen LogP contribution in [0.5, 0.6) is 0 Å². The van der Waals surface area contributed by atoms with Gasteiger partial charge in [-0.2, -0.15) is 0 Å². The van der Waals surface area contributed by atoms with Crippen molar-refractivity contribution < 1.29 is 14.7 Å². The first-order valence-electron chi connectivity index (χ1n) is 8.54. The summed E-state index contributed by atoms with van der Waals surface area (Å²) in [5.41, 5.74) is 2.90. The number of carbonyl (C=O) groups excluding carboxylic acids is 1. The van der Waals surface area contributed by atoms with E-state index in [2.05, 4.69) is 26.0 Å². The molecule has 0 radical (unpaired) electrons. The molecule has 0 bridgehead atoms. The van der Waals surface area contributed by atoms with Gasteiger partial charge in [0.15, 0.2) is 0 Å². The van der Waals surface area contributed by atoms with E-state index in [0.717, 1.165) is 25.8 Å². The Morgan fingerprint density at radius 3 is 2.61 bits per heavy atom. The predicted octanol–water partition coefficient (Wildman–Crippen LogP) is 3.61.